The van der Waals surface area contributed by atoms with Crippen LogP contribution in [0.3, 0.4) is 0 Å². The van der Waals surface area contributed by atoms with E-state index in [4.69, 9.17) is 0 Å². The zero-order valence-corrected chi connectivity index (χ0v) is 12.6. The molecule has 1 aromatic rings. The van der Waals surface area contributed by atoms with Crippen molar-refractivity contribution in [3.05, 3.63) is 24.3 Å². The first kappa shape index (κ1) is 14.3. The van der Waals surface area contributed by atoms with Crippen LogP contribution >= 0.6 is 11.8 Å². The van der Waals surface area contributed by atoms with E-state index in [1.54, 1.807) is 0 Å². The molecule has 0 aliphatic carbocycles. The number of hydrogen-bond acceptors (Lipinski definition) is 3. The lowest BCUT2D eigenvalue weighted by molar-refractivity contribution is -0.118. The molecule has 0 saturated carbocycles. The van der Waals surface area contributed by atoms with Crippen LogP contribution in [-0.4, -0.2) is 23.0 Å². The summed E-state index contributed by atoms with van der Waals surface area (Å²) in [4.78, 5) is 11.6. The SMILES string of the molecule is CC(C)C(=O)Nc1ccc(NC2CCSC2C)cc1. The van der Waals surface area contributed by atoms with Crippen molar-refractivity contribution in [3.8, 4) is 0 Å². The Labute approximate surface area is 119 Å². The lowest BCUT2D eigenvalue weighted by Crippen LogP contribution is -2.24. The maximum atomic E-state index is 11.6. The summed E-state index contributed by atoms with van der Waals surface area (Å²) in [5.74, 6) is 1.30. The van der Waals surface area contributed by atoms with E-state index in [2.05, 4.69) is 17.6 Å². The first-order valence-electron chi connectivity index (χ1n) is 6.85. The molecule has 1 fully saturated rings. The molecule has 2 atom stereocenters. The van der Waals surface area contributed by atoms with Gasteiger partial charge in [-0.15, -0.1) is 0 Å². The van der Waals surface area contributed by atoms with Crippen molar-refractivity contribution < 1.29 is 4.79 Å². The van der Waals surface area contributed by atoms with E-state index in [0.717, 1.165) is 11.4 Å². The number of anilines is 2. The van der Waals surface area contributed by atoms with Crippen molar-refractivity contribution >= 4 is 29.0 Å². The Kier molecular flexibility index (Phi) is 4.75. The third-order valence-electron chi connectivity index (χ3n) is 3.41. The lowest BCUT2D eigenvalue weighted by atomic mass is 10.1. The van der Waals surface area contributed by atoms with E-state index in [0.29, 0.717) is 11.3 Å². The molecule has 0 aromatic heterocycles. The van der Waals surface area contributed by atoms with Crippen LogP contribution in [0, 0.1) is 5.92 Å². The third-order valence-corrected chi connectivity index (χ3v) is 4.73. The molecule has 2 N–H and O–H groups in total. The molecular formula is C15H22N2OS. The fraction of sp³-hybridized carbons (Fsp3) is 0.533. The van der Waals surface area contributed by atoms with Crippen LogP contribution in [0.4, 0.5) is 11.4 Å². The van der Waals surface area contributed by atoms with Crippen molar-refractivity contribution in [2.75, 3.05) is 16.4 Å². The topological polar surface area (TPSA) is 41.1 Å². The molecule has 1 heterocycles. The van der Waals surface area contributed by atoms with Crippen LogP contribution < -0.4 is 10.6 Å². The van der Waals surface area contributed by atoms with Gasteiger partial charge in [-0.05, 0) is 36.4 Å². The minimum absolute atomic E-state index is 0.00849. The maximum absolute atomic E-state index is 11.6. The van der Waals surface area contributed by atoms with Crippen LogP contribution in [0.2, 0.25) is 0 Å². The van der Waals surface area contributed by atoms with Crippen LogP contribution in [0.1, 0.15) is 27.2 Å². The minimum atomic E-state index is 0.00849. The largest absolute Gasteiger partial charge is 0.381 e. The predicted octanol–water partition coefficient (Wildman–Crippen LogP) is 3.59. The van der Waals surface area contributed by atoms with Crippen molar-refractivity contribution in [2.45, 2.75) is 38.5 Å². The average molecular weight is 278 g/mol. The van der Waals surface area contributed by atoms with Crippen molar-refractivity contribution in [2.24, 2.45) is 5.92 Å². The van der Waals surface area contributed by atoms with E-state index in [1.165, 1.54) is 12.2 Å². The standard InChI is InChI=1S/C15H22N2OS/c1-10(2)15(18)17-13-6-4-12(5-7-13)16-14-8-9-19-11(14)3/h4-7,10-11,14,16H,8-9H2,1-3H3,(H,17,18). The molecule has 0 radical (unpaired) electrons. The van der Waals surface area contributed by atoms with Gasteiger partial charge in [0, 0.05) is 28.6 Å². The molecule has 0 bridgehead atoms. The van der Waals surface area contributed by atoms with Gasteiger partial charge in [0.05, 0.1) is 0 Å². The fourth-order valence-corrected chi connectivity index (χ4v) is 3.27. The van der Waals surface area contributed by atoms with Gasteiger partial charge >= 0.3 is 0 Å². The van der Waals surface area contributed by atoms with Gasteiger partial charge in [0.1, 0.15) is 0 Å². The minimum Gasteiger partial charge on any atom is -0.381 e. The molecule has 19 heavy (non-hydrogen) atoms. The zero-order chi connectivity index (χ0) is 13.8. The Morgan fingerprint density at radius 1 is 1.26 bits per heavy atom. The van der Waals surface area contributed by atoms with Crippen LogP contribution in [0.25, 0.3) is 0 Å². The Morgan fingerprint density at radius 2 is 1.89 bits per heavy atom. The highest BCUT2D eigenvalue weighted by Gasteiger charge is 2.23. The number of thioether (sulfide) groups is 1. The van der Waals surface area contributed by atoms with Crippen LogP contribution in [0.5, 0.6) is 0 Å². The maximum Gasteiger partial charge on any atom is 0.226 e. The fourth-order valence-electron chi connectivity index (χ4n) is 2.07. The van der Waals surface area contributed by atoms with Crippen molar-refractivity contribution in [3.63, 3.8) is 0 Å². The van der Waals surface area contributed by atoms with Gasteiger partial charge < -0.3 is 10.6 Å². The summed E-state index contributed by atoms with van der Waals surface area (Å²) in [6.07, 6.45) is 1.22. The molecule has 1 aliphatic rings. The van der Waals surface area contributed by atoms with Gasteiger partial charge in [0.15, 0.2) is 0 Å². The molecule has 1 aromatic carbocycles. The summed E-state index contributed by atoms with van der Waals surface area (Å²) >= 11 is 2.02. The van der Waals surface area contributed by atoms with E-state index in [1.807, 2.05) is 49.9 Å². The van der Waals surface area contributed by atoms with Gasteiger partial charge in [0.2, 0.25) is 5.91 Å². The quantitative estimate of drug-likeness (QED) is 0.884. The van der Waals surface area contributed by atoms with E-state index >= 15 is 0 Å². The molecule has 0 spiro atoms. The highest BCUT2D eigenvalue weighted by atomic mass is 32.2. The van der Waals surface area contributed by atoms with Gasteiger partial charge in [-0.3, -0.25) is 4.79 Å². The average Bonchev–Trinajstić information content (AvgIpc) is 2.77. The second-order valence-corrected chi connectivity index (χ2v) is 6.82. The molecule has 2 unspecified atom stereocenters. The molecular weight excluding hydrogens is 256 g/mol. The third kappa shape index (κ3) is 3.90. The molecule has 1 saturated heterocycles. The zero-order valence-electron chi connectivity index (χ0n) is 11.8. The summed E-state index contributed by atoms with van der Waals surface area (Å²) in [5.41, 5.74) is 1.99. The van der Waals surface area contributed by atoms with E-state index < -0.39 is 0 Å². The van der Waals surface area contributed by atoms with Gasteiger partial charge in [-0.1, -0.05) is 20.8 Å². The number of carbonyl (C=O) groups is 1. The van der Waals surface area contributed by atoms with Gasteiger partial charge in [-0.2, -0.15) is 11.8 Å². The Hall–Kier alpha value is -1.16. The van der Waals surface area contributed by atoms with E-state index in [9.17, 15) is 4.79 Å². The molecule has 3 nitrogen and oxygen atoms in total. The van der Waals surface area contributed by atoms with Crippen LogP contribution in [-0.2, 0) is 4.79 Å². The van der Waals surface area contributed by atoms with Gasteiger partial charge in [-0.25, -0.2) is 0 Å². The number of benzene rings is 1. The Balaban J connectivity index is 1.93. The smallest absolute Gasteiger partial charge is 0.226 e. The number of carbonyl (C=O) groups excluding carboxylic acids is 1. The summed E-state index contributed by atoms with van der Waals surface area (Å²) in [6.45, 7) is 6.06. The predicted molar refractivity (Wildman–Crippen MR) is 83.9 cm³/mol. The molecule has 1 aliphatic heterocycles. The normalized spacial score (nSPS) is 22.5. The first-order chi connectivity index (χ1) is 9.06. The van der Waals surface area contributed by atoms with Crippen molar-refractivity contribution in [1.29, 1.82) is 0 Å². The number of nitrogens with one attached hydrogen (secondary N) is 2. The van der Waals surface area contributed by atoms with Crippen molar-refractivity contribution in [1.82, 2.24) is 0 Å². The van der Waals surface area contributed by atoms with E-state index in [-0.39, 0.29) is 11.8 Å². The highest BCUT2D eigenvalue weighted by molar-refractivity contribution is 8.00. The van der Waals surface area contributed by atoms with Crippen LogP contribution in [0.15, 0.2) is 24.3 Å². The summed E-state index contributed by atoms with van der Waals surface area (Å²) in [6, 6.07) is 8.53. The summed E-state index contributed by atoms with van der Waals surface area (Å²) < 4.78 is 0. The molecule has 104 valence electrons. The number of hydrogen-bond donors (Lipinski definition) is 2. The number of rotatable bonds is 4. The second-order valence-electron chi connectivity index (χ2n) is 5.34. The summed E-state index contributed by atoms with van der Waals surface area (Å²) in [5, 5.41) is 7.13. The number of amides is 1. The lowest BCUT2D eigenvalue weighted by Gasteiger charge is -2.18. The Bertz CT molecular complexity index is 430. The molecule has 4 heteroatoms. The monoisotopic (exact) mass is 278 g/mol. The Morgan fingerprint density at radius 3 is 2.42 bits per heavy atom. The first-order valence-corrected chi connectivity index (χ1v) is 7.90. The molecule has 1 amide bonds. The molecule has 2 rings (SSSR count). The second kappa shape index (κ2) is 6.33. The highest BCUT2D eigenvalue weighted by Crippen LogP contribution is 2.29. The summed E-state index contributed by atoms with van der Waals surface area (Å²) in [7, 11) is 0. The van der Waals surface area contributed by atoms with Gasteiger partial charge in [0.25, 0.3) is 0 Å².